The molecule has 11 heteroatoms. The molecule has 1 aliphatic rings. The van der Waals surface area contributed by atoms with Crippen molar-refractivity contribution in [3.63, 3.8) is 0 Å². The Morgan fingerprint density at radius 1 is 1.35 bits per heavy atom. The molecule has 160 valence electrons. The topological polar surface area (TPSA) is 131 Å². The Labute approximate surface area is 181 Å². The fourth-order valence-corrected chi connectivity index (χ4v) is 3.96. The van der Waals surface area contributed by atoms with Crippen molar-refractivity contribution in [2.24, 2.45) is 0 Å². The van der Waals surface area contributed by atoms with E-state index in [2.05, 4.69) is 15.8 Å². The second kappa shape index (κ2) is 8.56. The van der Waals surface area contributed by atoms with Crippen molar-refractivity contribution < 1.29 is 19.0 Å². The van der Waals surface area contributed by atoms with Crippen LogP contribution in [0.1, 0.15) is 32.3 Å². The number of benzene rings is 1. The Kier molecular flexibility index (Phi) is 5.67. The zero-order valence-corrected chi connectivity index (χ0v) is 17.4. The molecule has 0 fully saturated rings. The number of hydrogen-bond donors (Lipinski definition) is 2. The predicted molar refractivity (Wildman–Crippen MR) is 113 cm³/mol. The van der Waals surface area contributed by atoms with E-state index in [9.17, 15) is 19.7 Å². The van der Waals surface area contributed by atoms with Crippen LogP contribution >= 0.6 is 11.3 Å². The summed E-state index contributed by atoms with van der Waals surface area (Å²) in [5, 5.41) is 22.4. The Hall–Kier alpha value is -3.73. The highest BCUT2D eigenvalue weighted by Crippen LogP contribution is 2.25. The first-order valence-electron chi connectivity index (χ1n) is 9.51. The second-order valence-corrected chi connectivity index (χ2v) is 8.09. The molecular formula is C20H19N5O5S. The molecule has 0 aliphatic carbocycles. The number of aryl methyl sites for hydroxylation is 1. The molecule has 10 nitrogen and oxygen atoms in total. The van der Waals surface area contributed by atoms with Gasteiger partial charge in [-0.25, -0.2) is 4.79 Å². The number of aromatic nitrogens is 1. The summed E-state index contributed by atoms with van der Waals surface area (Å²) in [6.45, 7) is 2.54. The summed E-state index contributed by atoms with van der Waals surface area (Å²) in [5.74, 6) is 0.214. The van der Waals surface area contributed by atoms with E-state index in [-0.39, 0.29) is 23.8 Å². The minimum Gasteiger partial charge on any atom is -0.360 e. The number of carbonyl (C=O) groups excluding carboxylic acids is 2. The molecule has 4 rings (SSSR count). The summed E-state index contributed by atoms with van der Waals surface area (Å²) in [7, 11) is 0. The molecule has 1 aromatic carbocycles. The number of thiophene rings is 1. The van der Waals surface area contributed by atoms with E-state index >= 15 is 0 Å². The fourth-order valence-electron chi connectivity index (χ4n) is 3.31. The van der Waals surface area contributed by atoms with Gasteiger partial charge in [-0.1, -0.05) is 17.3 Å². The standard InChI is InChI=1S/C20H19N5O5S/c1-12-4-5-13(9-16(12)25(28)29)22-20(27)24-7-6-17-15(11-24)18(23-30-17)19(26)21-10-14-3-2-8-31-14/h2-5,8-9H,6-7,10-11H2,1H3,(H,21,26)(H,22,27). The SMILES string of the molecule is Cc1ccc(NC(=O)N2CCc3onc(C(=O)NCc4cccs4)c3C2)cc1[N+](=O)[O-]. The van der Waals surface area contributed by atoms with Crippen molar-refractivity contribution in [2.75, 3.05) is 11.9 Å². The number of fused-ring (bicyclic) bond motifs is 1. The van der Waals surface area contributed by atoms with E-state index in [0.717, 1.165) is 4.88 Å². The van der Waals surface area contributed by atoms with Gasteiger partial charge >= 0.3 is 6.03 Å². The normalized spacial score (nSPS) is 12.9. The molecule has 0 saturated carbocycles. The lowest BCUT2D eigenvalue weighted by molar-refractivity contribution is -0.385. The maximum absolute atomic E-state index is 12.7. The van der Waals surface area contributed by atoms with Gasteiger partial charge in [0.1, 0.15) is 5.76 Å². The number of nitro benzene ring substituents is 1. The summed E-state index contributed by atoms with van der Waals surface area (Å²) < 4.78 is 5.31. The molecule has 31 heavy (non-hydrogen) atoms. The third-order valence-electron chi connectivity index (χ3n) is 4.99. The van der Waals surface area contributed by atoms with Gasteiger partial charge in [-0.05, 0) is 24.4 Å². The van der Waals surface area contributed by atoms with Crippen LogP contribution in [0.3, 0.4) is 0 Å². The highest BCUT2D eigenvalue weighted by molar-refractivity contribution is 7.09. The summed E-state index contributed by atoms with van der Waals surface area (Å²) in [6, 6.07) is 7.92. The number of rotatable bonds is 5. The summed E-state index contributed by atoms with van der Waals surface area (Å²) in [5.41, 5.74) is 1.50. The van der Waals surface area contributed by atoms with Crippen LogP contribution in [0, 0.1) is 17.0 Å². The molecule has 3 heterocycles. The van der Waals surface area contributed by atoms with Crippen LogP contribution in [0.15, 0.2) is 40.2 Å². The van der Waals surface area contributed by atoms with Gasteiger partial charge in [0.25, 0.3) is 11.6 Å². The van der Waals surface area contributed by atoms with Gasteiger partial charge in [0.15, 0.2) is 5.69 Å². The van der Waals surface area contributed by atoms with E-state index in [1.54, 1.807) is 19.1 Å². The quantitative estimate of drug-likeness (QED) is 0.460. The minimum absolute atomic E-state index is 0.0672. The number of amides is 3. The second-order valence-electron chi connectivity index (χ2n) is 7.06. The van der Waals surface area contributed by atoms with Gasteiger partial charge in [0.05, 0.1) is 18.0 Å². The van der Waals surface area contributed by atoms with Gasteiger partial charge in [-0.2, -0.15) is 0 Å². The molecule has 0 unspecified atom stereocenters. The van der Waals surface area contributed by atoms with E-state index < -0.39 is 11.0 Å². The summed E-state index contributed by atoms with van der Waals surface area (Å²) >= 11 is 1.54. The van der Waals surface area contributed by atoms with E-state index in [1.165, 1.54) is 22.3 Å². The maximum atomic E-state index is 12.7. The zero-order chi connectivity index (χ0) is 22.0. The number of carbonyl (C=O) groups is 2. The van der Waals surface area contributed by atoms with Crippen molar-refractivity contribution in [3.05, 3.63) is 73.3 Å². The summed E-state index contributed by atoms with van der Waals surface area (Å²) in [6.07, 6.45) is 0.419. The van der Waals surface area contributed by atoms with Crippen molar-refractivity contribution in [1.82, 2.24) is 15.4 Å². The van der Waals surface area contributed by atoms with Gasteiger partial charge in [0, 0.05) is 40.7 Å². The van der Waals surface area contributed by atoms with E-state index in [1.807, 2.05) is 17.5 Å². The average Bonchev–Trinajstić information content (AvgIpc) is 3.42. The first-order valence-corrected chi connectivity index (χ1v) is 10.4. The van der Waals surface area contributed by atoms with Crippen LogP contribution in [0.5, 0.6) is 0 Å². The Bertz CT molecular complexity index is 1140. The van der Waals surface area contributed by atoms with Gasteiger partial charge in [-0.3, -0.25) is 14.9 Å². The average molecular weight is 441 g/mol. The summed E-state index contributed by atoms with van der Waals surface area (Å²) in [4.78, 5) is 38.4. The molecule has 2 aromatic heterocycles. The van der Waals surface area contributed by atoms with Crippen LogP contribution < -0.4 is 10.6 Å². The number of nitrogens with zero attached hydrogens (tertiary/aromatic N) is 3. The Morgan fingerprint density at radius 2 is 2.19 bits per heavy atom. The maximum Gasteiger partial charge on any atom is 0.322 e. The molecule has 0 spiro atoms. The lowest BCUT2D eigenvalue weighted by Crippen LogP contribution is -2.39. The molecule has 1 aliphatic heterocycles. The highest BCUT2D eigenvalue weighted by atomic mass is 32.1. The van der Waals surface area contributed by atoms with Gasteiger partial charge < -0.3 is 20.1 Å². The monoisotopic (exact) mass is 441 g/mol. The predicted octanol–water partition coefficient (Wildman–Crippen LogP) is 3.47. The van der Waals surface area contributed by atoms with Crippen molar-refractivity contribution >= 4 is 34.6 Å². The molecule has 0 atom stereocenters. The molecule has 2 N–H and O–H groups in total. The fraction of sp³-hybridized carbons (Fsp3) is 0.250. The molecule has 0 radical (unpaired) electrons. The molecule has 3 amide bonds. The largest absolute Gasteiger partial charge is 0.360 e. The number of hydrogen-bond acceptors (Lipinski definition) is 7. The first kappa shape index (κ1) is 20.5. The van der Waals surface area contributed by atoms with Crippen LogP contribution in [-0.4, -0.2) is 33.5 Å². The zero-order valence-electron chi connectivity index (χ0n) is 16.6. The minimum atomic E-state index is -0.490. The van der Waals surface area contributed by atoms with Crippen LogP contribution in [0.4, 0.5) is 16.2 Å². The van der Waals surface area contributed by atoms with Crippen LogP contribution in [0.2, 0.25) is 0 Å². The number of anilines is 1. The number of urea groups is 1. The number of nitrogens with one attached hydrogen (secondary N) is 2. The lowest BCUT2D eigenvalue weighted by Gasteiger charge is -2.26. The molecule has 3 aromatic rings. The molecule has 0 bridgehead atoms. The van der Waals surface area contributed by atoms with E-state index in [0.29, 0.717) is 42.1 Å². The lowest BCUT2D eigenvalue weighted by atomic mass is 10.1. The van der Waals surface area contributed by atoms with Gasteiger partial charge in [0.2, 0.25) is 0 Å². The Morgan fingerprint density at radius 3 is 2.94 bits per heavy atom. The van der Waals surface area contributed by atoms with Crippen molar-refractivity contribution in [3.8, 4) is 0 Å². The highest BCUT2D eigenvalue weighted by Gasteiger charge is 2.30. The van der Waals surface area contributed by atoms with E-state index in [4.69, 9.17) is 4.52 Å². The first-order chi connectivity index (χ1) is 14.9. The third-order valence-corrected chi connectivity index (χ3v) is 5.87. The number of nitro groups is 1. The molecular weight excluding hydrogens is 422 g/mol. The van der Waals surface area contributed by atoms with Gasteiger partial charge in [-0.15, -0.1) is 11.3 Å². The van der Waals surface area contributed by atoms with Crippen molar-refractivity contribution in [1.29, 1.82) is 0 Å². The van der Waals surface area contributed by atoms with Crippen molar-refractivity contribution in [2.45, 2.75) is 26.4 Å². The third kappa shape index (κ3) is 4.40. The van der Waals surface area contributed by atoms with Crippen LogP contribution in [-0.2, 0) is 19.5 Å². The molecule has 0 saturated heterocycles. The van der Waals surface area contributed by atoms with Crippen LogP contribution in [0.25, 0.3) is 0 Å². The Balaban J connectivity index is 1.44. The smallest absolute Gasteiger partial charge is 0.322 e.